The molecule has 0 aliphatic carbocycles. The van der Waals surface area contributed by atoms with Crippen LogP contribution in [0.15, 0.2) is 78.4 Å². The molecule has 4 aromatic rings. The summed E-state index contributed by atoms with van der Waals surface area (Å²) in [7, 11) is 0. The van der Waals surface area contributed by atoms with E-state index in [9.17, 15) is 19.1 Å². The van der Waals surface area contributed by atoms with E-state index in [1.54, 1.807) is 54.6 Å². The number of fused-ring (bicyclic) bond motifs is 1. The highest BCUT2D eigenvalue weighted by Gasteiger charge is 2.48. The first-order chi connectivity index (χ1) is 15.4. The number of hydrogen-bond donors (Lipinski definition) is 1. The van der Waals surface area contributed by atoms with E-state index < -0.39 is 23.5 Å². The summed E-state index contributed by atoms with van der Waals surface area (Å²) in [5.74, 6) is -2.37. The van der Waals surface area contributed by atoms with E-state index in [0.717, 1.165) is 11.3 Å². The maximum atomic E-state index is 13.7. The van der Waals surface area contributed by atoms with Gasteiger partial charge in [-0.05, 0) is 35.9 Å². The number of benzene rings is 3. The van der Waals surface area contributed by atoms with Crippen molar-refractivity contribution in [2.24, 2.45) is 0 Å². The Bertz CT molecular complexity index is 1420. The Labute approximate surface area is 191 Å². The summed E-state index contributed by atoms with van der Waals surface area (Å²) in [6.45, 7) is 0. The van der Waals surface area contributed by atoms with Crippen molar-refractivity contribution in [1.29, 1.82) is 0 Å². The number of rotatable bonds is 3. The predicted molar refractivity (Wildman–Crippen MR) is 122 cm³/mol. The molecule has 1 N–H and O–H groups in total. The smallest absolute Gasteiger partial charge is 0.301 e. The second kappa shape index (κ2) is 7.85. The van der Waals surface area contributed by atoms with Gasteiger partial charge in [-0.25, -0.2) is 9.37 Å². The molecule has 3 aromatic carbocycles. The zero-order chi connectivity index (χ0) is 22.4. The quantitative estimate of drug-likeness (QED) is 0.239. The van der Waals surface area contributed by atoms with Crippen LogP contribution in [0.3, 0.4) is 0 Å². The van der Waals surface area contributed by atoms with E-state index >= 15 is 0 Å². The lowest BCUT2D eigenvalue weighted by atomic mass is 9.95. The lowest BCUT2D eigenvalue weighted by Gasteiger charge is -2.23. The van der Waals surface area contributed by atoms with E-state index in [2.05, 4.69) is 4.98 Å². The van der Waals surface area contributed by atoms with Crippen molar-refractivity contribution in [2.75, 3.05) is 4.90 Å². The van der Waals surface area contributed by atoms with Crippen LogP contribution in [0.1, 0.15) is 17.2 Å². The maximum absolute atomic E-state index is 13.7. The van der Waals surface area contributed by atoms with Gasteiger partial charge in [0.05, 0.1) is 21.8 Å². The molecule has 1 fully saturated rings. The molecule has 8 heteroatoms. The second-order valence-corrected chi connectivity index (χ2v) is 8.64. The molecule has 1 aliphatic heterocycles. The van der Waals surface area contributed by atoms with Crippen molar-refractivity contribution in [2.45, 2.75) is 6.04 Å². The summed E-state index contributed by atoms with van der Waals surface area (Å²) in [6, 6.07) is 18.4. The van der Waals surface area contributed by atoms with Gasteiger partial charge in [-0.1, -0.05) is 65.4 Å². The molecule has 0 spiro atoms. The lowest BCUT2D eigenvalue weighted by molar-refractivity contribution is -0.132. The van der Waals surface area contributed by atoms with Crippen molar-refractivity contribution in [3.8, 4) is 0 Å². The molecular weight excluding hydrogens is 451 g/mol. The molecule has 1 atom stereocenters. The average Bonchev–Trinajstić information content (AvgIpc) is 3.32. The summed E-state index contributed by atoms with van der Waals surface area (Å²) in [5.41, 5.74) is 1.39. The molecule has 1 aliphatic rings. The highest BCUT2D eigenvalue weighted by atomic mass is 35.5. The van der Waals surface area contributed by atoms with Gasteiger partial charge in [0.2, 0.25) is 0 Å². The van der Waals surface area contributed by atoms with E-state index in [1.165, 1.54) is 23.1 Å². The van der Waals surface area contributed by atoms with Crippen LogP contribution in [0.25, 0.3) is 16.0 Å². The van der Waals surface area contributed by atoms with Gasteiger partial charge in [-0.3, -0.25) is 14.5 Å². The predicted octanol–water partition coefficient (Wildman–Crippen LogP) is 5.72. The minimum Gasteiger partial charge on any atom is -0.507 e. The summed E-state index contributed by atoms with van der Waals surface area (Å²) < 4.78 is 14.2. The maximum Gasteiger partial charge on any atom is 0.301 e. The number of nitrogens with zero attached hydrogens (tertiary/aromatic N) is 2. The third-order valence-electron chi connectivity index (χ3n) is 5.20. The van der Waals surface area contributed by atoms with E-state index in [-0.39, 0.29) is 16.5 Å². The molecule has 1 saturated heterocycles. The number of hydrogen-bond acceptors (Lipinski definition) is 5. The van der Waals surface area contributed by atoms with Gasteiger partial charge in [0.25, 0.3) is 5.78 Å². The van der Waals surface area contributed by atoms with Crippen LogP contribution in [0.2, 0.25) is 5.02 Å². The number of anilines is 1. The molecule has 2 heterocycles. The Morgan fingerprint density at radius 3 is 2.56 bits per heavy atom. The molecular formula is C24H14ClFN2O3S. The normalized spacial score (nSPS) is 17.9. The average molecular weight is 465 g/mol. The molecule has 0 radical (unpaired) electrons. The van der Waals surface area contributed by atoms with Crippen molar-refractivity contribution < 1.29 is 19.1 Å². The zero-order valence-corrected chi connectivity index (χ0v) is 17.9. The number of amides is 1. The van der Waals surface area contributed by atoms with Crippen LogP contribution < -0.4 is 4.90 Å². The van der Waals surface area contributed by atoms with Crippen LogP contribution >= 0.6 is 22.9 Å². The highest BCUT2D eigenvalue weighted by molar-refractivity contribution is 7.22. The van der Waals surface area contributed by atoms with Gasteiger partial charge >= 0.3 is 5.91 Å². The number of aromatic nitrogens is 1. The minimum atomic E-state index is -0.945. The molecule has 5 rings (SSSR count). The van der Waals surface area contributed by atoms with E-state index in [1.807, 2.05) is 0 Å². The van der Waals surface area contributed by atoms with Crippen molar-refractivity contribution in [3.63, 3.8) is 0 Å². The molecule has 1 aromatic heterocycles. The molecule has 32 heavy (non-hydrogen) atoms. The molecule has 0 saturated carbocycles. The third-order valence-corrected chi connectivity index (χ3v) is 6.45. The SMILES string of the molecule is O=C1C(=O)N(c2nc3ccc(F)cc3s2)[C@H](c2cccc(Cl)c2)C1=C(O)c1ccccc1. The van der Waals surface area contributed by atoms with Crippen molar-refractivity contribution >= 4 is 55.7 Å². The Hall–Kier alpha value is -3.55. The fourth-order valence-electron chi connectivity index (χ4n) is 3.76. The number of thiazole rings is 1. The number of ketones is 1. The Balaban J connectivity index is 1.75. The van der Waals surface area contributed by atoms with E-state index in [4.69, 9.17) is 11.6 Å². The fraction of sp³-hybridized carbons (Fsp3) is 0.0417. The molecule has 0 unspecified atom stereocenters. The van der Waals surface area contributed by atoms with Crippen molar-refractivity contribution in [3.05, 3.63) is 100 Å². The molecule has 158 valence electrons. The topological polar surface area (TPSA) is 70.5 Å². The van der Waals surface area contributed by atoms with Gasteiger partial charge in [0.15, 0.2) is 5.13 Å². The molecule has 1 amide bonds. The van der Waals surface area contributed by atoms with Crippen molar-refractivity contribution in [1.82, 2.24) is 4.98 Å². The van der Waals surface area contributed by atoms with Crippen LogP contribution in [0, 0.1) is 5.82 Å². The summed E-state index contributed by atoms with van der Waals surface area (Å²) >= 11 is 7.29. The zero-order valence-electron chi connectivity index (χ0n) is 16.3. The van der Waals surface area contributed by atoms with Gasteiger partial charge in [0.1, 0.15) is 11.6 Å². The second-order valence-electron chi connectivity index (χ2n) is 7.20. The third kappa shape index (κ3) is 3.36. The number of aliphatic hydroxyl groups excluding tert-OH is 1. The summed E-state index contributed by atoms with van der Waals surface area (Å²) in [4.78, 5) is 32.0. The fourth-order valence-corrected chi connectivity index (χ4v) is 4.98. The first-order valence-electron chi connectivity index (χ1n) is 9.62. The standard InChI is InChI=1S/C24H14ClFN2O3S/c25-15-8-4-7-14(11-15)20-19(21(29)13-5-2-1-3-6-13)22(30)23(31)28(20)24-27-17-10-9-16(26)12-18(17)32-24/h1-12,20,29H/t20-/m1/s1. The summed E-state index contributed by atoms with van der Waals surface area (Å²) in [5, 5.41) is 11.7. The van der Waals surface area contributed by atoms with Crippen LogP contribution in [0.5, 0.6) is 0 Å². The Morgan fingerprint density at radius 1 is 1.03 bits per heavy atom. The Morgan fingerprint density at radius 2 is 1.81 bits per heavy atom. The first kappa shape index (κ1) is 20.4. The highest BCUT2D eigenvalue weighted by Crippen LogP contribution is 2.44. The first-order valence-corrected chi connectivity index (χ1v) is 10.8. The largest absolute Gasteiger partial charge is 0.507 e. The van der Waals surface area contributed by atoms with Crippen LogP contribution in [-0.4, -0.2) is 21.8 Å². The number of carbonyl (C=O) groups excluding carboxylic acids is 2. The van der Waals surface area contributed by atoms with Crippen LogP contribution in [-0.2, 0) is 9.59 Å². The number of halogens is 2. The number of carbonyl (C=O) groups is 2. The minimum absolute atomic E-state index is 0.0612. The molecule has 5 nitrogen and oxygen atoms in total. The van der Waals surface area contributed by atoms with Gasteiger partial charge in [-0.2, -0.15) is 0 Å². The van der Waals surface area contributed by atoms with Crippen LogP contribution in [0.4, 0.5) is 9.52 Å². The van der Waals surface area contributed by atoms with Gasteiger partial charge in [0, 0.05) is 10.6 Å². The van der Waals surface area contributed by atoms with Gasteiger partial charge < -0.3 is 5.11 Å². The number of aliphatic hydroxyl groups is 1. The summed E-state index contributed by atoms with van der Waals surface area (Å²) in [6.07, 6.45) is 0. The van der Waals surface area contributed by atoms with E-state index in [0.29, 0.717) is 26.4 Å². The van der Waals surface area contributed by atoms with Gasteiger partial charge in [-0.15, -0.1) is 0 Å². The monoisotopic (exact) mass is 464 g/mol. The lowest BCUT2D eigenvalue weighted by Crippen LogP contribution is -2.29. The molecule has 0 bridgehead atoms. The number of Topliss-reactive ketones (excluding diaryl/α,β-unsaturated/α-hetero) is 1. The Kier molecular flexibility index (Phi) is 5.00.